The molecule has 0 spiro atoms. The highest BCUT2D eigenvalue weighted by Gasteiger charge is 2.20. The fraction of sp³-hybridized carbons (Fsp3) is 0.381. The molecule has 0 radical (unpaired) electrons. The van der Waals surface area contributed by atoms with Crippen molar-refractivity contribution >= 4 is 45.1 Å². The predicted octanol–water partition coefficient (Wildman–Crippen LogP) is 4.45. The molecule has 148 valence electrons. The number of ether oxygens (including phenoxy) is 1. The third kappa shape index (κ3) is 6.10. The molecule has 6 nitrogen and oxygen atoms in total. The number of carboxylic acids is 1. The van der Waals surface area contributed by atoms with Gasteiger partial charge in [0.25, 0.3) is 0 Å². The summed E-state index contributed by atoms with van der Waals surface area (Å²) >= 11 is 1.48. The van der Waals surface area contributed by atoms with E-state index in [0.29, 0.717) is 13.0 Å². The van der Waals surface area contributed by atoms with Gasteiger partial charge in [0, 0.05) is 35.3 Å². The molecule has 0 aliphatic heterocycles. The first-order valence-electron chi connectivity index (χ1n) is 8.91. The van der Waals surface area contributed by atoms with Crippen molar-refractivity contribution in [2.45, 2.75) is 39.2 Å². The van der Waals surface area contributed by atoms with Crippen molar-refractivity contribution in [1.82, 2.24) is 0 Å². The number of aliphatic carboxylic acids is 1. The number of anilines is 1. The van der Waals surface area contributed by atoms with Crippen LogP contribution in [0, 0.1) is 11.3 Å². The van der Waals surface area contributed by atoms with Crippen molar-refractivity contribution in [2.75, 3.05) is 18.5 Å². The summed E-state index contributed by atoms with van der Waals surface area (Å²) in [6.45, 7) is 5.92. The first-order valence-corrected chi connectivity index (χ1v) is 9.72. The normalized spacial score (nSPS) is 11.9. The van der Waals surface area contributed by atoms with Gasteiger partial charge in [-0.1, -0.05) is 6.07 Å². The van der Waals surface area contributed by atoms with Gasteiger partial charge in [-0.15, -0.1) is 11.3 Å². The molecule has 0 unspecified atom stereocenters. The minimum atomic E-state index is -0.795. The number of carboxylic acid groups (broad SMARTS) is 1. The van der Waals surface area contributed by atoms with Crippen LogP contribution in [0.5, 0.6) is 0 Å². The van der Waals surface area contributed by atoms with Crippen LogP contribution in [0.1, 0.15) is 38.5 Å². The van der Waals surface area contributed by atoms with Gasteiger partial charge in [-0.3, -0.25) is 4.79 Å². The maximum Gasteiger partial charge on any atom is 0.349 e. The van der Waals surface area contributed by atoms with Crippen molar-refractivity contribution in [3.05, 3.63) is 34.7 Å². The molecule has 0 amide bonds. The van der Waals surface area contributed by atoms with E-state index in [4.69, 9.17) is 9.84 Å². The topological polar surface area (TPSA) is 90.6 Å². The zero-order valence-corrected chi connectivity index (χ0v) is 17.3. The molecule has 0 fully saturated rings. The molecular formula is C21H24N2O4S. The smallest absolute Gasteiger partial charge is 0.349 e. The number of carbonyl (C=O) groups excluding carboxylic acids is 1. The highest BCUT2D eigenvalue weighted by atomic mass is 32.1. The first-order chi connectivity index (χ1) is 13.1. The lowest BCUT2D eigenvalue weighted by Crippen LogP contribution is -2.24. The number of rotatable bonds is 7. The first kappa shape index (κ1) is 21.5. The zero-order chi connectivity index (χ0) is 20.9. The van der Waals surface area contributed by atoms with E-state index in [9.17, 15) is 14.9 Å². The molecule has 28 heavy (non-hydrogen) atoms. The number of hydrogen-bond acceptors (Lipinski definition) is 6. The molecule has 1 heterocycles. The lowest BCUT2D eigenvalue weighted by atomic mass is 10.1. The van der Waals surface area contributed by atoms with Gasteiger partial charge in [0.15, 0.2) is 0 Å². The summed E-state index contributed by atoms with van der Waals surface area (Å²) in [5.74, 6) is -1.43. The molecule has 0 aliphatic rings. The molecule has 0 aliphatic carbocycles. The number of nitrogens with zero attached hydrogens (tertiary/aromatic N) is 2. The Morgan fingerprint density at radius 3 is 2.64 bits per heavy atom. The Morgan fingerprint density at radius 1 is 1.32 bits per heavy atom. The lowest BCUT2D eigenvalue weighted by molar-refractivity contribution is -0.149. The summed E-state index contributed by atoms with van der Waals surface area (Å²) in [5, 5.41) is 19.1. The number of fused-ring (bicyclic) bond motifs is 1. The molecule has 0 atom stereocenters. The highest BCUT2D eigenvalue weighted by Crippen LogP contribution is 2.31. The van der Waals surface area contributed by atoms with Crippen molar-refractivity contribution in [2.24, 2.45) is 0 Å². The van der Waals surface area contributed by atoms with Crippen LogP contribution in [-0.4, -0.2) is 36.2 Å². The van der Waals surface area contributed by atoms with Crippen molar-refractivity contribution in [1.29, 1.82) is 5.26 Å². The van der Waals surface area contributed by atoms with Gasteiger partial charge in [0.05, 0.1) is 0 Å². The molecule has 2 aromatic rings. The van der Waals surface area contributed by atoms with Crippen LogP contribution in [-0.2, 0) is 14.3 Å². The van der Waals surface area contributed by atoms with Crippen LogP contribution in [0.3, 0.4) is 0 Å². The molecule has 1 aromatic carbocycles. The Bertz CT molecular complexity index is 947. The Labute approximate surface area is 168 Å². The molecule has 0 saturated carbocycles. The van der Waals surface area contributed by atoms with Crippen LogP contribution in [0.4, 0.5) is 5.69 Å². The predicted molar refractivity (Wildman–Crippen MR) is 111 cm³/mol. The maximum absolute atomic E-state index is 12.1. The third-order valence-corrected chi connectivity index (χ3v) is 4.92. The molecule has 2 rings (SSSR count). The molecule has 1 N–H and O–H groups in total. The molecule has 0 bridgehead atoms. The van der Waals surface area contributed by atoms with Gasteiger partial charge < -0.3 is 14.7 Å². The van der Waals surface area contributed by atoms with E-state index in [1.807, 2.05) is 42.3 Å². The van der Waals surface area contributed by atoms with Gasteiger partial charge in [-0.2, -0.15) is 5.26 Å². The maximum atomic E-state index is 12.1. The van der Waals surface area contributed by atoms with E-state index in [2.05, 4.69) is 0 Å². The van der Waals surface area contributed by atoms with Crippen molar-refractivity contribution in [3.63, 3.8) is 0 Å². The largest absolute Gasteiger partial charge is 0.481 e. The summed E-state index contributed by atoms with van der Waals surface area (Å²) in [6, 6.07) is 9.82. The number of hydrogen-bond donors (Lipinski definition) is 1. The second-order valence-corrected chi connectivity index (χ2v) is 8.58. The van der Waals surface area contributed by atoms with E-state index in [0.717, 1.165) is 20.7 Å². The summed E-state index contributed by atoms with van der Waals surface area (Å²) in [6.07, 6.45) is 2.26. The van der Waals surface area contributed by atoms with Crippen LogP contribution in [0.2, 0.25) is 0 Å². The van der Waals surface area contributed by atoms with Crippen LogP contribution in [0.25, 0.3) is 16.2 Å². The second-order valence-electron chi connectivity index (χ2n) is 7.46. The molecule has 7 heteroatoms. The summed E-state index contributed by atoms with van der Waals surface area (Å²) in [5.41, 5.74) is 0.295. The lowest BCUT2D eigenvalue weighted by Gasteiger charge is -2.18. The monoisotopic (exact) mass is 400 g/mol. The molecule has 1 aromatic heterocycles. The van der Waals surface area contributed by atoms with Gasteiger partial charge in [0.2, 0.25) is 0 Å². The number of nitriles is 1. The van der Waals surface area contributed by atoms with E-state index in [1.54, 1.807) is 26.8 Å². The van der Waals surface area contributed by atoms with Gasteiger partial charge >= 0.3 is 11.9 Å². The van der Waals surface area contributed by atoms with E-state index >= 15 is 0 Å². The minimum absolute atomic E-state index is 0.0347. The van der Waals surface area contributed by atoms with E-state index in [1.165, 1.54) is 11.3 Å². The fourth-order valence-corrected chi connectivity index (χ4v) is 3.60. The van der Waals surface area contributed by atoms with Gasteiger partial charge in [0.1, 0.15) is 17.2 Å². The van der Waals surface area contributed by atoms with Gasteiger partial charge in [-0.25, -0.2) is 4.79 Å². The fourth-order valence-electron chi connectivity index (χ4n) is 2.56. The summed E-state index contributed by atoms with van der Waals surface area (Å²) in [7, 11) is 1.92. The standard InChI is InChI=1S/C21H24N2O4S/c1-21(2,3)27-20(26)15(13-22)11-17-10-14-7-8-16(12-18(14)28-17)23(4)9-5-6-19(24)25/h7-8,10-12H,5-6,9H2,1-4H3,(H,24,25)/b15-11+. The SMILES string of the molecule is CN(CCCC(=O)O)c1ccc2cc(/C=C(\C#N)C(=O)OC(C)(C)C)sc2c1. The van der Waals surface area contributed by atoms with Crippen LogP contribution < -0.4 is 4.90 Å². The minimum Gasteiger partial charge on any atom is -0.481 e. The average molecular weight is 401 g/mol. The van der Waals surface area contributed by atoms with Crippen LogP contribution >= 0.6 is 11.3 Å². The summed E-state index contributed by atoms with van der Waals surface area (Å²) in [4.78, 5) is 25.6. The highest BCUT2D eigenvalue weighted by molar-refractivity contribution is 7.19. The average Bonchev–Trinajstić information content (AvgIpc) is 2.99. The second kappa shape index (κ2) is 8.89. The van der Waals surface area contributed by atoms with Crippen molar-refractivity contribution < 1.29 is 19.4 Å². The zero-order valence-electron chi connectivity index (χ0n) is 16.5. The Hall–Kier alpha value is -2.85. The Kier molecular flexibility index (Phi) is 6.81. The summed E-state index contributed by atoms with van der Waals surface area (Å²) < 4.78 is 6.29. The number of benzene rings is 1. The number of thiophene rings is 1. The number of esters is 1. The molecule has 0 saturated heterocycles. The van der Waals surface area contributed by atoms with Crippen molar-refractivity contribution in [3.8, 4) is 6.07 Å². The third-order valence-electron chi connectivity index (χ3n) is 3.87. The van der Waals surface area contributed by atoms with Crippen LogP contribution in [0.15, 0.2) is 29.8 Å². The van der Waals surface area contributed by atoms with E-state index < -0.39 is 17.5 Å². The number of carbonyl (C=O) groups is 2. The van der Waals surface area contributed by atoms with E-state index in [-0.39, 0.29) is 12.0 Å². The van der Waals surface area contributed by atoms with Gasteiger partial charge in [-0.05, 0) is 56.9 Å². The Balaban J connectivity index is 2.20. The molecular weight excluding hydrogens is 376 g/mol. The Morgan fingerprint density at radius 2 is 2.04 bits per heavy atom. The quantitative estimate of drug-likeness (QED) is 0.419.